The van der Waals surface area contributed by atoms with Crippen LogP contribution in [0.3, 0.4) is 0 Å². The molecule has 2 amide bonds. The van der Waals surface area contributed by atoms with Gasteiger partial charge in [0.1, 0.15) is 29.3 Å². The zero-order valence-corrected chi connectivity index (χ0v) is 18.2. The molecule has 1 atom stereocenters. The lowest BCUT2D eigenvalue weighted by molar-refractivity contribution is 0.189. The number of carbonyl (C=O) groups is 1. The Labute approximate surface area is 183 Å². The van der Waals surface area contributed by atoms with Crippen molar-refractivity contribution in [1.82, 2.24) is 30.0 Å². The molecule has 1 aliphatic heterocycles. The number of aromatic nitrogens is 4. The molecular weight excluding hydrogens is 413 g/mol. The molecule has 9 nitrogen and oxygen atoms in total. The summed E-state index contributed by atoms with van der Waals surface area (Å²) in [5.41, 5.74) is 2.23. The number of nitrogens with one attached hydrogen (secondary N) is 1. The van der Waals surface area contributed by atoms with Crippen LogP contribution in [-0.4, -0.2) is 56.9 Å². The van der Waals surface area contributed by atoms with Crippen LogP contribution in [0.1, 0.15) is 24.3 Å². The van der Waals surface area contributed by atoms with Crippen LogP contribution in [0, 0.1) is 12.7 Å². The average Bonchev–Trinajstić information content (AvgIpc) is 3.34. The predicted molar refractivity (Wildman–Crippen MR) is 118 cm³/mol. The van der Waals surface area contributed by atoms with Crippen LogP contribution >= 0.6 is 0 Å². The first-order valence-corrected chi connectivity index (χ1v) is 10.5. The minimum atomic E-state index is -0.340. The molecule has 5 rings (SSSR count). The Balaban J connectivity index is 1.25. The Hall–Kier alpha value is -3.69. The molecule has 0 bridgehead atoms. The lowest BCUT2D eigenvalue weighted by Crippen LogP contribution is -2.52. The molecule has 1 saturated heterocycles. The van der Waals surface area contributed by atoms with Crippen molar-refractivity contribution in [1.29, 1.82) is 0 Å². The number of anilines is 1. The Morgan fingerprint density at radius 3 is 2.75 bits per heavy atom. The summed E-state index contributed by atoms with van der Waals surface area (Å²) in [6, 6.07) is 3.94. The summed E-state index contributed by atoms with van der Waals surface area (Å²) in [5.74, 6) is 1.16. The van der Waals surface area contributed by atoms with E-state index in [9.17, 15) is 9.18 Å². The van der Waals surface area contributed by atoms with Gasteiger partial charge in [-0.1, -0.05) is 0 Å². The van der Waals surface area contributed by atoms with E-state index in [4.69, 9.17) is 4.42 Å². The van der Waals surface area contributed by atoms with Crippen molar-refractivity contribution in [2.75, 3.05) is 31.1 Å². The van der Waals surface area contributed by atoms with Gasteiger partial charge in [-0.3, -0.25) is 4.68 Å². The van der Waals surface area contributed by atoms with E-state index in [1.807, 2.05) is 20.9 Å². The molecule has 0 radical (unpaired) electrons. The minimum Gasteiger partial charge on any atom is -0.459 e. The number of hydrogen-bond donors (Lipinski definition) is 1. The van der Waals surface area contributed by atoms with E-state index in [1.54, 1.807) is 28.2 Å². The second kappa shape index (κ2) is 7.77. The number of piperazine rings is 1. The Kier molecular flexibility index (Phi) is 4.91. The quantitative estimate of drug-likeness (QED) is 0.529. The summed E-state index contributed by atoms with van der Waals surface area (Å²) in [5, 5.41) is 8.90. The second-order valence-electron chi connectivity index (χ2n) is 8.08. The molecule has 1 aromatic carbocycles. The standard InChI is InChI=1S/C22H24FN7O2/c1-13-16-10-15(23)4-5-18(16)32-19(13)14(2)27-22(31)30-8-6-29(7-9-30)21-17-11-26-28(3)20(17)24-12-25-21/h4-5,10-12,14H,6-9H2,1-3H3,(H,27,31). The van der Waals surface area contributed by atoms with E-state index in [1.165, 1.54) is 12.1 Å². The van der Waals surface area contributed by atoms with E-state index in [-0.39, 0.29) is 17.9 Å². The maximum Gasteiger partial charge on any atom is 0.318 e. The SMILES string of the molecule is Cc1c(C(C)NC(=O)N2CCN(c3ncnc4c3cnn4C)CC2)oc2ccc(F)cc12. The molecule has 32 heavy (non-hydrogen) atoms. The highest BCUT2D eigenvalue weighted by atomic mass is 19.1. The molecule has 0 aliphatic carbocycles. The summed E-state index contributed by atoms with van der Waals surface area (Å²) in [4.78, 5) is 25.5. The summed E-state index contributed by atoms with van der Waals surface area (Å²) in [6.07, 6.45) is 3.31. The van der Waals surface area contributed by atoms with Crippen LogP contribution in [0.2, 0.25) is 0 Å². The van der Waals surface area contributed by atoms with Gasteiger partial charge in [0.15, 0.2) is 5.65 Å². The van der Waals surface area contributed by atoms with Gasteiger partial charge in [0.2, 0.25) is 0 Å². The van der Waals surface area contributed by atoms with E-state index in [2.05, 4.69) is 25.3 Å². The van der Waals surface area contributed by atoms with Gasteiger partial charge in [0.25, 0.3) is 0 Å². The number of hydrogen-bond acceptors (Lipinski definition) is 6. The summed E-state index contributed by atoms with van der Waals surface area (Å²) < 4.78 is 21.2. The molecule has 3 aromatic heterocycles. The topological polar surface area (TPSA) is 92.3 Å². The summed E-state index contributed by atoms with van der Waals surface area (Å²) in [7, 11) is 1.85. The highest BCUT2D eigenvalue weighted by molar-refractivity contribution is 5.87. The number of furan rings is 1. The fourth-order valence-corrected chi connectivity index (χ4v) is 4.29. The number of rotatable bonds is 3. The average molecular weight is 437 g/mol. The monoisotopic (exact) mass is 437 g/mol. The van der Waals surface area contributed by atoms with Crippen molar-refractivity contribution >= 4 is 33.9 Å². The van der Waals surface area contributed by atoms with E-state index in [0.717, 1.165) is 27.8 Å². The third-order valence-electron chi connectivity index (χ3n) is 6.04. The van der Waals surface area contributed by atoms with Gasteiger partial charge in [0.05, 0.1) is 17.6 Å². The highest BCUT2D eigenvalue weighted by Gasteiger charge is 2.26. The Bertz CT molecular complexity index is 1310. The van der Waals surface area contributed by atoms with Crippen molar-refractivity contribution < 1.29 is 13.6 Å². The van der Waals surface area contributed by atoms with Gasteiger partial charge >= 0.3 is 6.03 Å². The maximum atomic E-state index is 13.6. The summed E-state index contributed by atoms with van der Waals surface area (Å²) >= 11 is 0. The first kappa shape index (κ1) is 20.2. The fraction of sp³-hybridized carbons (Fsp3) is 0.364. The lowest BCUT2D eigenvalue weighted by Gasteiger charge is -2.35. The van der Waals surface area contributed by atoms with Crippen molar-refractivity contribution in [3.8, 4) is 0 Å². The zero-order chi connectivity index (χ0) is 22.4. The number of fused-ring (bicyclic) bond motifs is 2. The van der Waals surface area contributed by atoms with Crippen LogP contribution in [-0.2, 0) is 7.05 Å². The number of amides is 2. The number of benzene rings is 1. The van der Waals surface area contributed by atoms with Crippen LogP contribution in [0.4, 0.5) is 15.0 Å². The third kappa shape index (κ3) is 3.41. The lowest BCUT2D eigenvalue weighted by atomic mass is 10.1. The minimum absolute atomic E-state index is 0.155. The molecule has 10 heteroatoms. The van der Waals surface area contributed by atoms with Crippen molar-refractivity contribution in [2.24, 2.45) is 7.05 Å². The van der Waals surface area contributed by atoms with Crippen LogP contribution in [0.15, 0.2) is 35.1 Å². The third-order valence-corrected chi connectivity index (χ3v) is 6.04. The molecule has 0 spiro atoms. The van der Waals surface area contributed by atoms with Crippen molar-refractivity contribution in [2.45, 2.75) is 19.9 Å². The molecule has 1 unspecified atom stereocenters. The van der Waals surface area contributed by atoms with Crippen molar-refractivity contribution in [3.05, 3.63) is 47.9 Å². The first-order chi connectivity index (χ1) is 15.4. The van der Waals surface area contributed by atoms with Gasteiger partial charge in [-0.2, -0.15) is 5.10 Å². The number of urea groups is 1. The Morgan fingerprint density at radius 2 is 1.97 bits per heavy atom. The smallest absolute Gasteiger partial charge is 0.318 e. The van der Waals surface area contributed by atoms with E-state index >= 15 is 0 Å². The number of halogens is 1. The van der Waals surface area contributed by atoms with Gasteiger partial charge in [-0.25, -0.2) is 19.2 Å². The maximum absolute atomic E-state index is 13.6. The number of aryl methyl sites for hydroxylation is 2. The van der Waals surface area contributed by atoms with Crippen molar-refractivity contribution in [3.63, 3.8) is 0 Å². The first-order valence-electron chi connectivity index (χ1n) is 10.5. The largest absolute Gasteiger partial charge is 0.459 e. The number of nitrogens with zero attached hydrogens (tertiary/aromatic N) is 6. The van der Waals surface area contributed by atoms with Gasteiger partial charge in [-0.05, 0) is 32.0 Å². The molecule has 4 aromatic rings. The predicted octanol–water partition coefficient (Wildman–Crippen LogP) is 3.15. The van der Waals surface area contributed by atoms with E-state index in [0.29, 0.717) is 37.5 Å². The molecule has 166 valence electrons. The van der Waals surface area contributed by atoms with Gasteiger partial charge in [-0.15, -0.1) is 0 Å². The summed E-state index contributed by atoms with van der Waals surface area (Å²) in [6.45, 7) is 6.19. The highest BCUT2D eigenvalue weighted by Crippen LogP contribution is 2.30. The van der Waals surface area contributed by atoms with Crippen LogP contribution in [0.5, 0.6) is 0 Å². The fourth-order valence-electron chi connectivity index (χ4n) is 4.29. The molecule has 1 N–H and O–H groups in total. The Morgan fingerprint density at radius 1 is 1.19 bits per heavy atom. The van der Waals surface area contributed by atoms with Crippen LogP contribution in [0.25, 0.3) is 22.0 Å². The molecule has 1 aliphatic rings. The molecule has 4 heterocycles. The number of carbonyl (C=O) groups excluding carboxylic acids is 1. The molecule has 0 saturated carbocycles. The van der Waals surface area contributed by atoms with Gasteiger partial charge in [0, 0.05) is 44.2 Å². The normalized spacial score (nSPS) is 15.5. The van der Waals surface area contributed by atoms with Crippen LogP contribution < -0.4 is 10.2 Å². The van der Waals surface area contributed by atoms with Gasteiger partial charge < -0.3 is 19.5 Å². The zero-order valence-electron chi connectivity index (χ0n) is 18.2. The molecule has 1 fully saturated rings. The second-order valence-corrected chi connectivity index (χ2v) is 8.08. The molecular formula is C22H24FN7O2. The van der Waals surface area contributed by atoms with E-state index < -0.39 is 0 Å².